The van der Waals surface area contributed by atoms with Crippen LogP contribution >= 0.6 is 0 Å². The van der Waals surface area contributed by atoms with Crippen LogP contribution in [0.2, 0.25) is 0 Å². The summed E-state index contributed by atoms with van der Waals surface area (Å²) in [6.07, 6.45) is 2.67. The maximum absolute atomic E-state index is 12.4. The van der Waals surface area contributed by atoms with Crippen molar-refractivity contribution in [3.05, 3.63) is 29.3 Å². The molecule has 146 valence electrons. The van der Waals surface area contributed by atoms with E-state index >= 15 is 0 Å². The smallest absolute Gasteiger partial charge is 0.534 e. The number of aromatic carboxylic acids is 1. The van der Waals surface area contributed by atoms with E-state index in [4.69, 9.17) is 10.4 Å². The first-order valence-corrected chi connectivity index (χ1v) is 9.39. The monoisotopic (exact) mass is 375 g/mol. The molecular weight excluding hydrogens is 349 g/mol. The number of nitrogens with two attached hydrogens (primary N) is 1. The molecule has 0 radical (unpaired) electrons. The van der Waals surface area contributed by atoms with Gasteiger partial charge in [-0.1, -0.05) is 12.1 Å². The minimum atomic E-state index is -1.27. The summed E-state index contributed by atoms with van der Waals surface area (Å²) in [5, 5.41) is 22.3. The van der Waals surface area contributed by atoms with Crippen LogP contribution in [0.25, 0.3) is 0 Å². The molecule has 2 aliphatic heterocycles. The number of carboxylic acids is 1. The molecule has 2 aliphatic rings. The summed E-state index contributed by atoms with van der Waals surface area (Å²) >= 11 is 0. The van der Waals surface area contributed by atoms with Crippen LogP contribution in [-0.2, 0) is 11.2 Å². The number of carboxylic acid groups (broad SMARTS) is 1. The molecule has 9 heteroatoms. The highest BCUT2D eigenvalue weighted by Crippen LogP contribution is 2.30. The lowest BCUT2D eigenvalue weighted by Gasteiger charge is -2.32. The van der Waals surface area contributed by atoms with Crippen molar-refractivity contribution in [1.82, 2.24) is 10.2 Å². The van der Waals surface area contributed by atoms with Gasteiger partial charge < -0.3 is 30.7 Å². The van der Waals surface area contributed by atoms with Crippen LogP contribution in [0.4, 0.5) is 0 Å². The van der Waals surface area contributed by atoms with E-state index in [1.165, 1.54) is 6.07 Å². The predicted octanol–water partition coefficient (Wildman–Crippen LogP) is -0.115. The molecule has 1 atom stereocenters. The second kappa shape index (κ2) is 8.73. The predicted molar refractivity (Wildman–Crippen MR) is 100 cm³/mol. The summed E-state index contributed by atoms with van der Waals surface area (Å²) in [7, 11) is -1.27. The first-order valence-electron chi connectivity index (χ1n) is 9.39. The van der Waals surface area contributed by atoms with E-state index in [1.807, 2.05) is 0 Å². The number of carbonyl (C=O) groups is 2. The number of para-hydroxylation sites is 1. The van der Waals surface area contributed by atoms with E-state index in [2.05, 4.69) is 10.2 Å². The van der Waals surface area contributed by atoms with Crippen LogP contribution in [-0.4, -0.2) is 66.1 Å². The third-order valence-electron chi connectivity index (χ3n) is 5.32. The Morgan fingerprint density at radius 2 is 2.07 bits per heavy atom. The number of rotatable bonds is 6. The lowest BCUT2D eigenvalue weighted by Crippen LogP contribution is -2.53. The van der Waals surface area contributed by atoms with Crippen molar-refractivity contribution in [3.8, 4) is 5.75 Å². The fraction of sp³-hybridized carbons (Fsp3) is 0.556. The normalized spacial score (nSPS) is 20.7. The molecule has 0 saturated carbocycles. The van der Waals surface area contributed by atoms with E-state index in [9.17, 15) is 19.7 Å². The number of hydrogen-bond acceptors (Lipinski definition) is 6. The van der Waals surface area contributed by atoms with Gasteiger partial charge in [0.1, 0.15) is 5.75 Å². The van der Waals surface area contributed by atoms with Crippen molar-refractivity contribution in [1.29, 1.82) is 0 Å². The summed E-state index contributed by atoms with van der Waals surface area (Å²) in [6.45, 7) is 3.45. The van der Waals surface area contributed by atoms with Crippen molar-refractivity contribution < 1.29 is 24.4 Å². The highest BCUT2D eigenvalue weighted by molar-refractivity contribution is 6.47. The van der Waals surface area contributed by atoms with Crippen LogP contribution in [0.1, 0.15) is 35.2 Å². The average Bonchev–Trinajstić information content (AvgIpc) is 2.63. The Hall–Kier alpha value is -2.10. The summed E-state index contributed by atoms with van der Waals surface area (Å²) < 4.78 is 5.41. The van der Waals surface area contributed by atoms with E-state index in [0.29, 0.717) is 30.9 Å². The standard InChI is InChI=1S/C18H26BN3O5/c20-6-9-22-7-4-12(5-8-22)10-16(23)21-15-11-13-2-1-3-14(18(24)25)17(13)27-19(15)26/h1-3,12,15,26H,4-11,20H2,(H,21,23)(H,24,25)/t15-/m0/s1. The Kier molecular flexibility index (Phi) is 6.36. The van der Waals surface area contributed by atoms with Gasteiger partial charge in [-0.2, -0.15) is 0 Å². The maximum atomic E-state index is 12.4. The van der Waals surface area contributed by atoms with E-state index in [0.717, 1.165) is 32.5 Å². The number of hydrogen-bond donors (Lipinski definition) is 4. The van der Waals surface area contributed by atoms with Gasteiger partial charge >= 0.3 is 13.1 Å². The van der Waals surface area contributed by atoms with Crippen molar-refractivity contribution >= 4 is 19.0 Å². The summed E-state index contributed by atoms with van der Waals surface area (Å²) in [6, 6.07) is 4.82. The van der Waals surface area contributed by atoms with Crippen LogP contribution in [0.3, 0.4) is 0 Å². The molecule has 1 aromatic carbocycles. The molecular formula is C18H26BN3O5. The lowest BCUT2D eigenvalue weighted by molar-refractivity contribution is -0.122. The minimum absolute atomic E-state index is 0.0144. The van der Waals surface area contributed by atoms with Gasteiger partial charge in [0.25, 0.3) is 0 Å². The maximum Gasteiger partial charge on any atom is 0.547 e. The minimum Gasteiger partial charge on any atom is -0.534 e. The Morgan fingerprint density at radius 3 is 2.74 bits per heavy atom. The first kappa shape index (κ1) is 19.7. The van der Waals surface area contributed by atoms with Gasteiger partial charge in [0.05, 0.1) is 11.5 Å². The Labute approximate surface area is 158 Å². The SMILES string of the molecule is NCCN1CCC(CC(=O)N[C@H]2Cc3cccc(C(=O)O)c3OB2O)CC1. The largest absolute Gasteiger partial charge is 0.547 e. The first-order chi connectivity index (χ1) is 13.0. The van der Waals surface area contributed by atoms with Gasteiger partial charge in [0.2, 0.25) is 5.91 Å². The number of nitrogens with one attached hydrogen (secondary N) is 1. The van der Waals surface area contributed by atoms with Crippen LogP contribution in [0.5, 0.6) is 5.75 Å². The lowest BCUT2D eigenvalue weighted by atomic mass is 9.72. The number of benzene rings is 1. The van der Waals surface area contributed by atoms with Crippen molar-refractivity contribution in [2.75, 3.05) is 26.2 Å². The second-order valence-electron chi connectivity index (χ2n) is 7.26. The zero-order chi connectivity index (χ0) is 19.4. The fourth-order valence-electron chi connectivity index (χ4n) is 3.84. The number of carbonyl (C=O) groups excluding carboxylic acids is 1. The summed E-state index contributed by atoms with van der Waals surface area (Å²) in [5.74, 6) is -1.31. The third kappa shape index (κ3) is 4.80. The molecule has 0 unspecified atom stereocenters. The highest BCUT2D eigenvalue weighted by Gasteiger charge is 2.38. The number of fused-ring (bicyclic) bond motifs is 1. The molecule has 5 N–H and O–H groups in total. The molecule has 1 fully saturated rings. The molecule has 1 aromatic rings. The Bertz CT molecular complexity index is 694. The molecule has 0 bridgehead atoms. The number of piperidine rings is 1. The van der Waals surface area contributed by atoms with Crippen molar-refractivity contribution in [3.63, 3.8) is 0 Å². The summed E-state index contributed by atoms with van der Waals surface area (Å²) in [5.41, 5.74) is 6.26. The van der Waals surface area contributed by atoms with Gasteiger partial charge in [-0.25, -0.2) is 4.79 Å². The van der Waals surface area contributed by atoms with Crippen molar-refractivity contribution in [2.24, 2.45) is 11.7 Å². The molecule has 1 saturated heterocycles. The van der Waals surface area contributed by atoms with Gasteiger partial charge in [0, 0.05) is 19.5 Å². The topological polar surface area (TPSA) is 125 Å². The van der Waals surface area contributed by atoms with Gasteiger partial charge in [-0.05, 0) is 49.9 Å². The average molecular weight is 375 g/mol. The molecule has 27 heavy (non-hydrogen) atoms. The van der Waals surface area contributed by atoms with E-state index in [1.54, 1.807) is 12.1 Å². The highest BCUT2D eigenvalue weighted by atomic mass is 16.5. The molecule has 0 aliphatic carbocycles. The number of amides is 1. The second-order valence-corrected chi connectivity index (χ2v) is 7.26. The van der Waals surface area contributed by atoms with Crippen LogP contribution < -0.4 is 15.7 Å². The zero-order valence-electron chi connectivity index (χ0n) is 15.3. The van der Waals surface area contributed by atoms with Crippen LogP contribution in [0, 0.1) is 5.92 Å². The van der Waals surface area contributed by atoms with E-state index < -0.39 is 19.0 Å². The van der Waals surface area contributed by atoms with E-state index in [-0.39, 0.29) is 17.2 Å². The molecule has 3 rings (SSSR count). The molecule has 2 heterocycles. The Morgan fingerprint density at radius 1 is 1.33 bits per heavy atom. The third-order valence-corrected chi connectivity index (χ3v) is 5.32. The Balaban J connectivity index is 1.55. The number of nitrogens with zero attached hydrogens (tertiary/aromatic N) is 1. The molecule has 0 aromatic heterocycles. The van der Waals surface area contributed by atoms with Crippen LogP contribution in [0.15, 0.2) is 18.2 Å². The van der Waals surface area contributed by atoms with Crippen molar-refractivity contribution in [2.45, 2.75) is 31.6 Å². The summed E-state index contributed by atoms with van der Waals surface area (Å²) in [4.78, 5) is 26.0. The zero-order valence-corrected chi connectivity index (χ0v) is 15.3. The van der Waals surface area contributed by atoms with Gasteiger partial charge in [-0.3, -0.25) is 4.79 Å². The molecule has 1 amide bonds. The molecule has 8 nitrogen and oxygen atoms in total. The van der Waals surface area contributed by atoms with Gasteiger partial charge in [-0.15, -0.1) is 0 Å². The molecule has 0 spiro atoms. The van der Waals surface area contributed by atoms with Gasteiger partial charge in [0.15, 0.2) is 0 Å². The number of likely N-dealkylation sites (tertiary alicyclic amines) is 1. The fourth-order valence-corrected chi connectivity index (χ4v) is 3.84. The quantitative estimate of drug-likeness (QED) is 0.511.